The average molecular weight is 131 g/mol. The molecule has 9 heavy (non-hydrogen) atoms. The Bertz CT molecular complexity index is 130. The number of hydrogen-bond acceptors (Lipinski definition) is 4. The maximum atomic E-state index is 10.4. The number of esters is 1. The highest BCUT2D eigenvalue weighted by Gasteiger charge is 2.01. The quantitative estimate of drug-likeness (QED) is 0.296. The van der Waals surface area contributed by atoms with Gasteiger partial charge in [0, 0.05) is 11.8 Å². The van der Waals surface area contributed by atoms with E-state index in [1.54, 1.807) is 0 Å². The Morgan fingerprint density at radius 3 is 2.78 bits per heavy atom. The average Bonchev–Trinajstić information content (AvgIpc) is 1.87. The van der Waals surface area contributed by atoms with Gasteiger partial charge in [-0.05, 0) is 6.92 Å². The summed E-state index contributed by atoms with van der Waals surface area (Å²) in [6.07, 6.45) is 1.12. The highest BCUT2D eigenvalue weighted by Crippen LogP contribution is 1.91. The van der Waals surface area contributed by atoms with Crippen LogP contribution in [0.25, 0.3) is 0 Å². The van der Waals surface area contributed by atoms with Gasteiger partial charge in [-0.1, -0.05) is 0 Å². The molecule has 4 heteroatoms. The summed E-state index contributed by atoms with van der Waals surface area (Å²) in [5, 5.41) is 8.07. The summed E-state index contributed by atoms with van der Waals surface area (Å²) in [4.78, 5) is 10.4. The monoisotopic (exact) mass is 131 g/mol. The van der Waals surface area contributed by atoms with Gasteiger partial charge in [-0.3, -0.25) is 0 Å². The molecule has 0 saturated carbocycles. The van der Waals surface area contributed by atoms with E-state index in [1.165, 1.54) is 6.92 Å². The van der Waals surface area contributed by atoms with E-state index >= 15 is 0 Å². The zero-order valence-corrected chi connectivity index (χ0v) is 5.13. The molecule has 0 aromatic rings. The maximum Gasteiger partial charge on any atom is 0.337 e. The van der Waals surface area contributed by atoms with E-state index < -0.39 is 12.8 Å². The lowest BCUT2D eigenvalue weighted by molar-refractivity contribution is -0.146. The van der Waals surface area contributed by atoms with Crippen LogP contribution in [0, 0.1) is 0 Å². The summed E-state index contributed by atoms with van der Waals surface area (Å²) in [6, 6.07) is 0. The van der Waals surface area contributed by atoms with Crippen LogP contribution in [-0.2, 0) is 9.53 Å². The fourth-order valence-electron chi connectivity index (χ4n) is 0.241. The van der Waals surface area contributed by atoms with Gasteiger partial charge in [-0.2, -0.15) is 0 Å². The first kappa shape index (κ1) is 7.97. The van der Waals surface area contributed by atoms with Crippen molar-refractivity contribution in [3.63, 3.8) is 0 Å². The Hall–Kier alpha value is -1.03. The fraction of sp³-hybridized carbons (Fsp3) is 0.400. The molecule has 0 aliphatic rings. The number of rotatable bonds is 2. The third kappa shape index (κ3) is 2.71. The number of carbonyl (C=O) groups is 1. The van der Waals surface area contributed by atoms with Crippen LogP contribution >= 0.6 is 0 Å². The molecule has 3 N–H and O–H groups in total. The van der Waals surface area contributed by atoms with Gasteiger partial charge in [0.1, 0.15) is 0 Å². The number of hydrogen-bond donors (Lipinski definition) is 2. The topological polar surface area (TPSA) is 72.6 Å². The zero-order chi connectivity index (χ0) is 7.28. The normalized spacial score (nSPS) is 11.1. The standard InChI is InChI=1S/C5H9NO3/c1-4(2-6)5(8)9-3-7/h2,7H,3,6H2,1H3. The molecule has 0 aromatic heterocycles. The molecule has 0 amide bonds. The second kappa shape index (κ2) is 3.91. The van der Waals surface area contributed by atoms with Crippen LogP contribution in [0.5, 0.6) is 0 Å². The van der Waals surface area contributed by atoms with Crippen LogP contribution in [0.2, 0.25) is 0 Å². The summed E-state index contributed by atoms with van der Waals surface area (Å²) in [6.45, 7) is 0.891. The van der Waals surface area contributed by atoms with Gasteiger partial charge in [0.2, 0.25) is 0 Å². The minimum Gasteiger partial charge on any atom is -0.435 e. The molecule has 0 fully saturated rings. The summed E-state index contributed by atoms with van der Waals surface area (Å²) in [7, 11) is 0. The van der Waals surface area contributed by atoms with Crippen molar-refractivity contribution in [3.05, 3.63) is 11.8 Å². The second-order valence-electron chi connectivity index (χ2n) is 1.41. The van der Waals surface area contributed by atoms with Crippen molar-refractivity contribution < 1.29 is 14.6 Å². The summed E-state index contributed by atoms with van der Waals surface area (Å²) < 4.78 is 4.16. The predicted octanol–water partition coefficient (Wildman–Crippen LogP) is -0.658. The third-order valence-corrected chi connectivity index (χ3v) is 0.768. The molecule has 0 bridgehead atoms. The van der Waals surface area contributed by atoms with Crippen LogP contribution in [0.4, 0.5) is 0 Å². The summed E-state index contributed by atoms with van der Waals surface area (Å²) in [5.74, 6) is -0.597. The lowest BCUT2D eigenvalue weighted by Crippen LogP contribution is -2.07. The molecule has 0 rings (SSSR count). The second-order valence-corrected chi connectivity index (χ2v) is 1.41. The molecule has 0 atom stereocenters. The lowest BCUT2D eigenvalue weighted by atomic mass is 10.3. The van der Waals surface area contributed by atoms with Crippen molar-refractivity contribution in [2.75, 3.05) is 6.79 Å². The predicted molar refractivity (Wildman–Crippen MR) is 31.1 cm³/mol. The molecule has 4 nitrogen and oxygen atoms in total. The smallest absolute Gasteiger partial charge is 0.337 e. The van der Waals surface area contributed by atoms with E-state index in [9.17, 15) is 4.79 Å². The summed E-state index contributed by atoms with van der Waals surface area (Å²) in [5.41, 5.74) is 5.24. The van der Waals surface area contributed by atoms with E-state index in [-0.39, 0.29) is 5.57 Å². The van der Waals surface area contributed by atoms with Crippen LogP contribution in [0.3, 0.4) is 0 Å². The lowest BCUT2D eigenvalue weighted by Gasteiger charge is -1.97. The maximum absolute atomic E-state index is 10.4. The van der Waals surface area contributed by atoms with Crippen LogP contribution in [-0.4, -0.2) is 17.9 Å². The Morgan fingerprint density at radius 2 is 2.44 bits per heavy atom. The van der Waals surface area contributed by atoms with Crippen molar-refractivity contribution in [2.45, 2.75) is 6.92 Å². The van der Waals surface area contributed by atoms with Crippen LogP contribution in [0.15, 0.2) is 11.8 Å². The molecule has 0 aliphatic carbocycles. The Balaban J connectivity index is 3.74. The van der Waals surface area contributed by atoms with Crippen LogP contribution in [0.1, 0.15) is 6.92 Å². The van der Waals surface area contributed by atoms with Crippen molar-refractivity contribution in [3.8, 4) is 0 Å². The molecular weight excluding hydrogens is 122 g/mol. The molecule has 0 aromatic carbocycles. The van der Waals surface area contributed by atoms with Crippen molar-refractivity contribution in [1.82, 2.24) is 0 Å². The van der Waals surface area contributed by atoms with Gasteiger partial charge in [0.15, 0.2) is 6.79 Å². The van der Waals surface area contributed by atoms with Gasteiger partial charge in [0.05, 0.1) is 0 Å². The number of aliphatic hydroxyl groups is 1. The summed E-state index contributed by atoms with van der Waals surface area (Å²) >= 11 is 0. The van der Waals surface area contributed by atoms with E-state index in [2.05, 4.69) is 4.74 Å². The SMILES string of the molecule is CC(=CN)C(=O)OCO. The molecule has 0 saturated heterocycles. The van der Waals surface area contributed by atoms with Gasteiger partial charge in [-0.15, -0.1) is 0 Å². The first-order valence-electron chi connectivity index (χ1n) is 2.39. The van der Waals surface area contributed by atoms with E-state index in [0.29, 0.717) is 0 Å². The largest absolute Gasteiger partial charge is 0.435 e. The molecule has 0 aliphatic heterocycles. The molecule has 52 valence electrons. The van der Waals surface area contributed by atoms with Gasteiger partial charge < -0.3 is 15.6 Å². The van der Waals surface area contributed by atoms with Crippen molar-refractivity contribution in [1.29, 1.82) is 0 Å². The minimum absolute atomic E-state index is 0.282. The molecule has 0 radical (unpaired) electrons. The first-order chi connectivity index (χ1) is 4.22. The fourth-order valence-corrected chi connectivity index (χ4v) is 0.241. The number of ether oxygens (including phenoxy) is 1. The van der Waals surface area contributed by atoms with Gasteiger partial charge in [-0.25, -0.2) is 4.79 Å². The minimum atomic E-state index is -0.607. The molecule has 0 unspecified atom stereocenters. The number of carbonyl (C=O) groups excluding carboxylic acids is 1. The van der Waals surface area contributed by atoms with E-state index in [4.69, 9.17) is 10.8 Å². The van der Waals surface area contributed by atoms with Crippen molar-refractivity contribution >= 4 is 5.97 Å². The molecule has 0 spiro atoms. The number of aliphatic hydroxyl groups excluding tert-OH is 1. The van der Waals surface area contributed by atoms with Gasteiger partial charge >= 0.3 is 5.97 Å². The third-order valence-electron chi connectivity index (χ3n) is 0.768. The molecular formula is C5H9NO3. The Kier molecular flexibility index (Phi) is 3.46. The number of nitrogens with two attached hydrogens (primary N) is 1. The first-order valence-corrected chi connectivity index (χ1v) is 2.39. The van der Waals surface area contributed by atoms with Gasteiger partial charge in [0.25, 0.3) is 0 Å². The van der Waals surface area contributed by atoms with E-state index in [1.807, 2.05) is 0 Å². The highest BCUT2D eigenvalue weighted by atomic mass is 16.6. The highest BCUT2D eigenvalue weighted by molar-refractivity contribution is 5.87. The zero-order valence-electron chi connectivity index (χ0n) is 5.13. The molecule has 0 heterocycles. The van der Waals surface area contributed by atoms with E-state index in [0.717, 1.165) is 6.20 Å². The van der Waals surface area contributed by atoms with Crippen LogP contribution < -0.4 is 5.73 Å². The Labute approximate surface area is 52.9 Å². The van der Waals surface area contributed by atoms with Crippen molar-refractivity contribution in [2.24, 2.45) is 5.73 Å². The Morgan fingerprint density at radius 1 is 1.89 bits per heavy atom.